The van der Waals surface area contributed by atoms with Gasteiger partial charge in [-0.1, -0.05) is 43.2 Å². The van der Waals surface area contributed by atoms with Crippen molar-refractivity contribution in [2.45, 2.75) is 44.7 Å². The highest BCUT2D eigenvalue weighted by atomic mass is 16.4. The highest BCUT2D eigenvalue weighted by molar-refractivity contribution is 5.75. The fourth-order valence-corrected chi connectivity index (χ4v) is 2.81. The average Bonchev–Trinajstić information content (AvgIpc) is 2.90. The maximum atomic E-state index is 11.4. The van der Waals surface area contributed by atoms with E-state index in [1.807, 2.05) is 30.3 Å². The zero-order valence-corrected chi connectivity index (χ0v) is 10.8. The Morgan fingerprint density at radius 2 is 1.89 bits per heavy atom. The molecular formula is C15H21NO2. The van der Waals surface area contributed by atoms with Crippen molar-refractivity contribution in [2.24, 2.45) is 5.92 Å². The summed E-state index contributed by atoms with van der Waals surface area (Å²) in [4.78, 5) is 11.4. The van der Waals surface area contributed by atoms with Crippen LogP contribution < -0.4 is 5.32 Å². The number of nitrogens with one attached hydrogen (secondary N) is 1. The summed E-state index contributed by atoms with van der Waals surface area (Å²) in [6.45, 7) is 2.11. The van der Waals surface area contributed by atoms with Gasteiger partial charge in [-0.3, -0.25) is 10.1 Å². The van der Waals surface area contributed by atoms with Gasteiger partial charge in [0.2, 0.25) is 0 Å². The van der Waals surface area contributed by atoms with Crippen molar-refractivity contribution in [1.82, 2.24) is 5.32 Å². The van der Waals surface area contributed by atoms with Crippen LogP contribution in [-0.4, -0.2) is 17.1 Å². The van der Waals surface area contributed by atoms with Gasteiger partial charge in [-0.2, -0.15) is 0 Å². The highest BCUT2D eigenvalue weighted by Gasteiger charge is 2.27. The van der Waals surface area contributed by atoms with E-state index in [1.54, 1.807) is 0 Å². The molecule has 1 fully saturated rings. The molecule has 2 N–H and O–H groups in total. The molecule has 3 heteroatoms. The minimum atomic E-state index is -0.800. The molecule has 0 aliphatic heterocycles. The van der Waals surface area contributed by atoms with Gasteiger partial charge >= 0.3 is 5.97 Å². The maximum Gasteiger partial charge on any atom is 0.325 e. The van der Waals surface area contributed by atoms with Crippen LogP contribution in [0.4, 0.5) is 0 Å². The van der Waals surface area contributed by atoms with Crippen LogP contribution in [0.1, 0.15) is 44.2 Å². The highest BCUT2D eigenvalue weighted by Crippen LogP contribution is 2.28. The van der Waals surface area contributed by atoms with Crippen molar-refractivity contribution >= 4 is 5.97 Å². The summed E-state index contributed by atoms with van der Waals surface area (Å²) in [5.74, 6) is -0.179. The van der Waals surface area contributed by atoms with E-state index in [0.717, 1.165) is 5.56 Å². The lowest BCUT2D eigenvalue weighted by Gasteiger charge is -2.25. The molecule has 1 saturated carbocycles. The largest absolute Gasteiger partial charge is 0.480 e. The molecule has 2 rings (SSSR count). The summed E-state index contributed by atoms with van der Waals surface area (Å²) < 4.78 is 0. The molecule has 0 bridgehead atoms. The lowest BCUT2D eigenvalue weighted by atomic mass is 9.97. The first-order chi connectivity index (χ1) is 8.68. The average molecular weight is 247 g/mol. The van der Waals surface area contributed by atoms with E-state index in [9.17, 15) is 9.90 Å². The second kappa shape index (κ2) is 6.01. The van der Waals surface area contributed by atoms with Gasteiger partial charge in [0.25, 0.3) is 0 Å². The Kier molecular flexibility index (Phi) is 4.37. The molecule has 0 spiro atoms. The van der Waals surface area contributed by atoms with E-state index in [-0.39, 0.29) is 6.04 Å². The van der Waals surface area contributed by atoms with Gasteiger partial charge in [0.05, 0.1) is 0 Å². The van der Waals surface area contributed by atoms with Crippen molar-refractivity contribution in [3.63, 3.8) is 0 Å². The molecule has 1 aliphatic rings. The van der Waals surface area contributed by atoms with E-state index >= 15 is 0 Å². The van der Waals surface area contributed by atoms with Gasteiger partial charge in [-0.05, 0) is 31.2 Å². The molecule has 98 valence electrons. The van der Waals surface area contributed by atoms with Crippen LogP contribution in [0.2, 0.25) is 0 Å². The smallest absolute Gasteiger partial charge is 0.325 e. The second-order valence-electron chi connectivity index (χ2n) is 5.18. The first-order valence-corrected chi connectivity index (χ1v) is 6.72. The third-order valence-corrected chi connectivity index (χ3v) is 3.92. The molecule has 0 heterocycles. The SMILES string of the molecule is CC(NC(C(=O)O)c1ccccc1)C1CCCC1. The van der Waals surface area contributed by atoms with Crippen molar-refractivity contribution in [3.05, 3.63) is 35.9 Å². The fourth-order valence-electron chi connectivity index (χ4n) is 2.81. The zero-order valence-electron chi connectivity index (χ0n) is 10.8. The van der Waals surface area contributed by atoms with Gasteiger partial charge in [-0.25, -0.2) is 0 Å². The van der Waals surface area contributed by atoms with E-state index in [4.69, 9.17) is 0 Å². The quantitative estimate of drug-likeness (QED) is 0.841. The molecule has 1 aliphatic carbocycles. The van der Waals surface area contributed by atoms with Crippen LogP contribution in [0.25, 0.3) is 0 Å². The number of aliphatic carboxylic acids is 1. The van der Waals surface area contributed by atoms with E-state index < -0.39 is 12.0 Å². The normalized spacial score (nSPS) is 19.6. The zero-order chi connectivity index (χ0) is 13.0. The monoisotopic (exact) mass is 247 g/mol. The van der Waals surface area contributed by atoms with E-state index in [1.165, 1.54) is 25.7 Å². The maximum absolute atomic E-state index is 11.4. The fraction of sp³-hybridized carbons (Fsp3) is 0.533. The Labute approximate surface area is 108 Å². The molecule has 1 aromatic carbocycles. The van der Waals surface area contributed by atoms with Crippen LogP contribution >= 0.6 is 0 Å². The minimum absolute atomic E-state index is 0.258. The molecule has 0 saturated heterocycles. The molecule has 3 nitrogen and oxygen atoms in total. The second-order valence-corrected chi connectivity index (χ2v) is 5.18. The van der Waals surface area contributed by atoms with Crippen LogP contribution in [-0.2, 0) is 4.79 Å². The Hall–Kier alpha value is -1.35. The Bertz CT molecular complexity index is 385. The van der Waals surface area contributed by atoms with Gasteiger partial charge < -0.3 is 5.11 Å². The van der Waals surface area contributed by atoms with Gasteiger partial charge in [0.15, 0.2) is 0 Å². The molecule has 0 radical (unpaired) electrons. The predicted octanol–water partition coefficient (Wildman–Crippen LogP) is 2.98. The van der Waals surface area contributed by atoms with Crippen molar-refractivity contribution in [1.29, 1.82) is 0 Å². The van der Waals surface area contributed by atoms with Gasteiger partial charge in [0.1, 0.15) is 6.04 Å². The van der Waals surface area contributed by atoms with Gasteiger partial charge in [-0.15, -0.1) is 0 Å². The lowest BCUT2D eigenvalue weighted by molar-refractivity contribution is -0.140. The number of rotatable bonds is 5. The van der Waals surface area contributed by atoms with Crippen LogP contribution in [0.5, 0.6) is 0 Å². The molecule has 0 aromatic heterocycles. The van der Waals surface area contributed by atoms with E-state index in [2.05, 4.69) is 12.2 Å². The Morgan fingerprint density at radius 1 is 1.28 bits per heavy atom. The molecule has 2 atom stereocenters. The third-order valence-electron chi connectivity index (χ3n) is 3.92. The summed E-state index contributed by atoms with van der Waals surface area (Å²) in [6, 6.07) is 9.07. The number of carboxylic acids is 1. The number of hydrogen-bond donors (Lipinski definition) is 2. The Balaban J connectivity index is 2.04. The summed E-state index contributed by atoms with van der Waals surface area (Å²) in [5, 5.41) is 12.6. The first-order valence-electron chi connectivity index (χ1n) is 6.72. The van der Waals surface area contributed by atoms with Crippen molar-refractivity contribution in [2.75, 3.05) is 0 Å². The first kappa shape index (κ1) is 13.1. The summed E-state index contributed by atoms with van der Waals surface area (Å²) in [7, 11) is 0. The topological polar surface area (TPSA) is 49.3 Å². The van der Waals surface area contributed by atoms with Crippen molar-refractivity contribution < 1.29 is 9.90 Å². The minimum Gasteiger partial charge on any atom is -0.480 e. The third kappa shape index (κ3) is 3.10. The summed E-state index contributed by atoms with van der Waals surface area (Å²) in [6.07, 6.45) is 4.99. The molecule has 1 aromatic rings. The number of benzene rings is 1. The molecule has 18 heavy (non-hydrogen) atoms. The van der Waals surface area contributed by atoms with E-state index in [0.29, 0.717) is 5.92 Å². The van der Waals surface area contributed by atoms with Crippen LogP contribution in [0, 0.1) is 5.92 Å². The number of carbonyl (C=O) groups is 1. The molecular weight excluding hydrogens is 226 g/mol. The number of carboxylic acid groups (broad SMARTS) is 1. The molecule has 0 amide bonds. The number of hydrogen-bond acceptors (Lipinski definition) is 2. The van der Waals surface area contributed by atoms with Gasteiger partial charge in [0, 0.05) is 6.04 Å². The van der Waals surface area contributed by atoms with Crippen LogP contribution in [0.15, 0.2) is 30.3 Å². The standard InChI is InChI=1S/C15H21NO2/c1-11(12-7-5-6-8-12)16-14(15(17)18)13-9-3-2-4-10-13/h2-4,9-12,14,16H,5-8H2,1H3,(H,17,18). The summed E-state index contributed by atoms with van der Waals surface area (Å²) in [5.41, 5.74) is 0.829. The molecule has 2 unspecified atom stereocenters. The van der Waals surface area contributed by atoms with Crippen molar-refractivity contribution in [3.8, 4) is 0 Å². The summed E-state index contributed by atoms with van der Waals surface area (Å²) >= 11 is 0. The predicted molar refractivity (Wildman–Crippen MR) is 71.4 cm³/mol. The Morgan fingerprint density at radius 3 is 2.44 bits per heavy atom. The van der Waals surface area contributed by atoms with Crippen LogP contribution in [0.3, 0.4) is 0 Å². The lowest BCUT2D eigenvalue weighted by Crippen LogP contribution is -2.39.